The van der Waals surface area contributed by atoms with Crippen molar-refractivity contribution in [1.82, 2.24) is 9.80 Å². The van der Waals surface area contributed by atoms with E-state index < -0.39 is 5.97 Å². The van der Waals surface area contributed by atoms with E-state index in [1.165, 1.54) is 23.8 Å². The summed E-state index contributed by atoms with van der Waals surface area (Å²) in [6.07, 6.45) is 0. The normalized spacial score (nSPS) is 10.8. The van der Waals surface area contributed by atoms with Gasteiger partial charge >= 0.3 is 11.9 Å². The van der Waals surface area contributed by atoms with Gasteiger partial charge in [-0.05, 0) is 111 Å². The predicted molar refractivity (Wildman–Crippen MR) is 166 cm³/mol. The quantitative estimate of drug-likeness (QED) is 0.239. The van der Waals surface area contributed by atoms with E-state index in [1.54, 1.807) is 12.1 Å². The number of methoxy groups -OCH3 is 1. The topological polar surface area (TPSA) is 70.1 Å². The molecule has 0 heterocycles. The van der Waals surface area contributed by atoms with E-state index in [9.17, 15) is 9.59 Å². The molecule has 1 N–H and O–H groups in total. The Morgan fingerprint density at radius 2 is 1.05 bits per heavy atom. The minimum atomic E-state index is -0.888. The third-order valence-electron chi connectivity index (χ3n) is 6.72. The van der Waals surface area contributed by atoms with Crippen molar-refractivity contribution < 1.29 is 19.4 Å². The molecular weight excluding hydrogens is 512 g/mol. The molecule has 0 fully saturated rings. The average molecular weight is 553 g/mol. The second-order valence-corrected chi connectivity index (χ2v) is 10.6. The van der Waals surface area contributed by atoms with Crippen molar-refractivity contribution in [3.05, 3.63) is 118 Å². The van der Waals surface area contributed by atoms with Crippen LogP contribution in [0.15, 0.2) is 84.9 Å². The molecule has 0 aliphatic carbocycles. The maximum atomic E-state index is 11.7. The van der Waals surface area contributed by atoms with Crippen LogP contribution in [-0.2, 0) is 17.8 Å². The molecule has 0 unspecified atom stereocenters. The van der Waals surface area contributed by atoms with Gasteiger partial charge in [0.25, 0.3) is 0 Å². The Balaban J connectivity index is 0.000000226. The monoisotopic (exact) mass is 552 g/mol. The van der Waals surface area contributed by atoms with Gasteiger partial charge in [-0.15, -0.1) is 0 Å². The molecule has 0 saturated heterocycles. The molecule has 0 aliphatic heterocycles. The van der Waals surface area contributed by atoms with Crippen molar-refractivity contribution >= 4 is 11.9 Å². The number of aryl methyl sites for hydroxylation is 2. The highest BCUT2D eigenvalue weighted by atomic mass is 16.5. The number of carbonyl (C=O) groups is 2. The van der Waals surface area contributed by atoms with Crippen molar-refractivity contribution in [2.75, 3.05) is 35.3 Å². The molecule has 0 aliphatic rings. The Kier molecular flexibility index (Phi) is 11.0. The van der Waals surface area contributed by atoms with Crippen LogP contribution < -0.4 is 0 Å². The molecule has 4 aromatic rings. The van der Waals surface area contributed by atoms with E-state index in [-0.39, 0.29) is 5.97 Å². The zero-order valence-corrected chi connectivity index (χ0v) is 25.1. The minimum Gasteiger partial charge on any atom is -0.478 e. The first-order valence-electron chi connectivity index (χ1n) is 13.5. The van der Waals surface area contributed by atoms with Gasteiger partial charge in [0.05, 0.1) is 18.2 Å². The average Bonchev–Trinajstić information content (AvgIpc) is 2.93. The summed E-state index contributed by atoms with van der Waals surface area (Å²) in [5.74, 6) is -1.19. The van der Waals surface area contributed by atoms with Gasteiger partial charge in [0.1, 0.15) is 0 Å². The first kappa shape index (κ1) is 31.3. The van der Waals surface area contributed by atoms with Crippen molar-refractivity contribution in [3.63, 3.8) is 0 Å². The van der Waals surface area contributed by atoms with Crippen molar-refractivity contribution in [3.8, 4) is 22.3 Å². The molecule has 41 heavy (non-hydrogen) atoms. The Bertz CT molecular complexity index is 1510. The molecule has 0 aromatic heterocycles. The molecule has 214 valence electrons. The number of carboxylic acids is 1. The summed E-state index contributed by atoms with van der Waals surface area (Å²) < 4.78 is 4.81. The third kappa shape index (κ3) is 8.37. The van der Waals surface area contributed by atoms with Crippen molar-refractivity contribution in [2.45, 2.75) is 26.9 Å². The van der Waals surface area contributed by atoms with Gasteiger partial charge in [-0.2, -0.15) is 0 Å². The lowest BCUT2D eigenvalue weighted by molar-refractivity contribution is 0.0599. The summed E-state index contributed by atoms with van der Waals surface area (Å²) in [7, 11) is 9.41. The summed E-state index contributed by atoms with van der Waals surface area (Å²) >= 11 is 0. The maximum Gasteiger partial charge on any atom is 0.337 e. The predicted octanol–water partition coefficient (Wildman–Crippen LogP) is 6.93. The van der Waals surface area contributed by atoms with Gasteiger partial charge in [-0.3, -0.25) is 0 Å². The van der Waals surface area contributed by atoms with Crippen LogP contribution in [0.25, 0.3) is 22.3 Å². The van der Waals surface area contributed by atoms with Gasteiger partial charge in [0, 0.05) is 13.1 Å². The van der Waals surface area contributed by atoms with Gasteiger partial charge in [0.15, 0.2) is 0 Å². The maximum absolute atomic E-state index is 11.7. The van der Waals surface area contributed by atoms with E-state index in [0.29, 0.717) is 17.7 Å². The number of hydrogen-bond acceptors (Lipinski definition) is 5. The number of ether oxygens (including phenoxy) is 1. The fourth-order valence-corrected chi connectivity index (χ4v) is 4.78. The summed E-state index contributed by atoms with van der Waals surface area (Å²) in [6, 6.07) is 27.5. The highest BCUT2D eigenvalue weighted by Crippen LogP contribution is 2.30. The minimum absolute atomic E-state index is 0.300. The van der Waals surface area contributed by atoms with Crippen LogP contribution in [0.4, 0.5) is 0 Å². The van der Waals surface area contributed by atoms with Crippen LogP contribution in [0.2, 0.25) is 0 Å². The smallest absolute Gasteiger partial charge is 0.337 e. The van der Waals surface area contributed by atoms with Crippen LogP contribution in [0.3, 0.4) is 0 Å². The summed E-state index contributed by atoms with van der Waals surface area (Å²) in [6.45, 7) is 5.65. The summed E-state index contributed by atoms with van der Waals surface area (Å²) in [5.41, 5.74) is 10.1. The second-order valence-electron chi connectivity index (χ2n) is 10.6. The highest BCUT2D eigenvalue weighted by Gasteiger charge is 2.14. The fourth-order valence-electron chi connectivity index (χ4n) is 4.78. The van der Waals surface area contributed by atoms with Gasteiger partial charge in [-0.1, -0.05) is 60.7 Å². The molecule has 0 spiro atoms. The number of aromatic carboxylic acids is 1. The second kappa shape index (κ2) is 14.4. The van der Waals surface area contributed by atoms with Crippen LogP contribution in [0.1, 0.15) is 43.0 Å². The Hall–Kier alpha value is -4.26. The molecule has 0 radical (unpaired) electrons. The fraction of sp³-hybridized carbons (Fsp3) is 0.257. The third-order valence-corrected chi connectivity index (χ3v) is 6.72. The van der Waals surface area contributed by atoms with E-state index in [2.05, 4.69) is 43.0 Å². The number of hydrogen-bond donors (Lipinski definition) is 1. The van der Waals surface area contributed by atoms with E-state index in [0.717, 1.165) is 34.4 Å². The summed E-state index contributed by atoms with van der Waals surface area (Å²) in [4.78, 5) is 27.0. The molecule has 0 atom stereocenters. The molecule has 0 saturated carbocycles. The molecular formula is C35H40N2O4. The number of carbonyl (C=O) groups excluding carboxylic acids is 1. The molecule has 6 heteroatoms. The molecule has 4 rings (SSSR count). The van der Waals surface area contributed by atoms with Crippen LogP contribution >= 0.6 is 0 Å². The van der Waals surface area contributed by atoms with E-state index in [4.69, 9.17) is 9.84 Å². The lowest BCUT2D eigenvalue weighted by atomic mass is 9.94. The van der Waals surface area contributed by atoms with Crippen molar-refractivity contribution in [1.29, 1.82) is 0 Å². The molecule has 0 amide bonds. The zero-order valence-electron chi connectivity index (χ0n) is 25.1. The lowest BCUT2D eigenvalue weighted by Crippen LogP contribution is -2.13. The number of carboxylic acid groups (broad SMARTS) is 1. The number of benzene rings is 4. The summed E-state index contributed by atoms with van der Waals surface area (Å²) in [5, 5.41) is 9.15. The van der Waals surface area contributed by atoms with Crippen LogP contribution in [0.5, 0.6) is 0 Å². The number of nitrogens with zero attached hydrogens (tertiary/aromatic N) is 2. The highest BCUT2D eigenvalue weighted by molar-refractivity contribution is 5.91. The van der Waals surface area contributed by atoms with Crippen LogP contribution in [0, 0.1) is 13.8 Å². The molecule has 0 bridgehead atoms. The largest absolute Gasteiger partial charge is 0.478 e. The number of rotatable bonds is 8. The van der Waals surface area contributed by atoms with Crippen molar-refractivity contribution in [2.24, 2.45) is 0 Å². The molecule has 6 nitrogen and oxygen atoms in total. The Morgan fingerprint density at radius 1 is 0.634 bits per heavy atom. The van der Waals surface area contributed by atoms with E-state index in [1.807, 2.05) is 81.6 Å². The standard InChI is InChI=1S/C18H21NO2.C17H19NO2/c1-13-7-5-6-8-16(13)17-10-9-14(18(20)21-4)11-15(17)12-19(2)3;1-12-6-4-5-7-15(12)16-9-8-13(17(19)20)10-14(16)11-18(2)3/h5-11H,12H2,1-4H3;4-10H,11H2,1-3H3,(H,19,20). The Morgan fingerprint density at radius 3 is 1.44 bits per heavy atom. The van der Waals surface area contributed by atoms with Gasteiger partial charge in [0.2, 0.25) is 0 Å². The first-order chi connectivity index (χ1) is 19.5. The molecule has 4 aromatic carbocycles. The SMILES string of the molecule is COC(=O)c1ccc(-c2ccccc2C)c(CN(C)C)c1.Cc1ccccc1-c1ccc(C(=O)O)cc1CN(C)C. The lowest BCUT2D eigenvalue weighted by Gasteiger charge is -2.17. The Labute approximate surface area is 243 Å². The number of esters is 1. The van der Waals surface area contributed by atoms with E-state index >= 15 is 0 Å². The first-order valence-corrected chi connectivity index (χ1v) is 13.5. The zero-order chi connectivity index (χ0) is 30.1. The van der Waals surface area contributed by atoms with Gasteiger partial charge in [-0.25, -0.2) is 9.59 Å². The van der Waals surface area contributed by atoms with Crippen LogP contribution in [-0.4, -0.2) is 62.1 Å². The van der Waals surface area contributed by atoms with Gasteiger partial charge < -0.3 is 19.6 Å².